The monoisotopic (exact) mass is 255 g/mol. The fraction of sp³-hybridized carbons (Fsp3) is 0. The topological polar surface area (TPSA) is 156 Å². The summed E-state index contributed by atoms with van der Waals surface area (Å²) < 4.78 is 17.8. The maximum Gasteiger partial charge on any atom is 0.466 e. The summed E-state index contributed by atoms with van der Waals surface area (Å²) in [6, 6.07) is 0. The molecule has 0 saturated heterocycles. The summed E-state index contributed by atoms with van der Waals surface area (Å²) in [5.74, 6) is 0. The van der Waals surface area contributed by atoms with Gasteiger partial charge in [0.1, 0.15) is 0 Å². The van der Waals surface area contributed by atoms with Crippen LogP contribution >= 0.6 is 15.6 Å². The molecule has 0 bridgehead atoms. The van der Waals surface area contributed by atoms with Crippen molar-refractivity contribution >= 4 is 15.6 Å². The van der Waals surface area contributed by atoms with Crippen molar-refractivity contribution in [3.63, 3.8) is 0 Å². The molecule has 11 heteroatoms. The van der Waals surface area contributed by atoms with E-state index in [1.165, 1.54) is 0 Å². The number of hydrogen-bond acceptors (Lipinski definition) is 2. The molecule has 0 aliphatic heterocycles. The standard InChI is InChI=1S/Co.2H3O4P/c;2*1-5(2,3)4/h;2*(H3,1,2,3,4). The molecule has 6 N–H and O–H groups in total. The van der Waals surface area contributed by atoms with E-state index < -0.39 is 15.6 Å². The Hall–Kier alpha value is 0.726. The van der Waals surface area contributed by atoms with Crippen molar-refractivity contribution in [2.75, 3.05) is 0 Å². The van der Waals surface area contributed by atoms with Gasteiger partial charge >= 0.3 is 15.6 Å². The second-order valence-corrected chi connectivity index (χ2v) is 3.08. The Morgan fingerprint density at radius 3 is 0.636 bits per heavy atom. The van der Waals surface area contributed by atoms with Crippen LogP contribution in [0.25, 0.3) is 0 Å². The van der Waals surface area contributed by atoms with Crippen molar-refractivity contribution < 1.29 is 55.3 Å². The number of hydrogen-bond donors (Lipinski definition) is 6. The molecule has 0 heterocycles. The van der Waals surface area contributed by atoms with E-state index in [2.05, 4.69) is 0 Å². The van der Waals surface area contributed by atoms with Crippen LogP contribution in [0, 0.1) is 0 Å². The minimum absolute atomic E-state index is 0. The Morgan fingerprint density at radius 1 is 0.636 bits per heavy atom. The molecule has 0 unspecified atom stereocenters. The molecular formula is H6CoO8P2. The van der Waals surface area contributed by atoms with E-state index in [1.54, 1.807) is 0 Å². The van der Waals surface area contributed by atoms with Crippen molar-refractivity contribution in [1.82, 2.24) is 0 Å². The molecule has 1 radical (unpaired) electrons. The van der Waals surface area contributed by atoms with E-state index in [1.807, 2.05) is 0 Å². The molecule has 73 valence electrons. The summed E-state index contributed by atoms with van der Waals surface area (Å²) in [7, 11) is -9.28. The quantitative estimate of drug-likeness (QED) is 0.275. The molecular weight excluding hydrogens is 249 g/mol. The van der Waals surface area contributed by atoms with Crippen molar-refractivity contribution in [2.45, 2.75) is 0 Å². The third-order valence-corrected chi connectivity index (χ3v) is 0. The van der Waals surface area contributed by atoms with Crippen LogP contribution in [0.5, 0.6) is 0 Å². The fourth-order valence-electron chi connectivity index (χ4n) is 0. The second-order valence-electron chi connectivity index (χ2n) is 1.03. The van der Waals surface area contributed by atoms with E-state index in [-0.39, 0.29) is 16.8 Å². The van der Waals surface area contributed by atoms with Crippen molar-refractivity contribution in [3.05, 3.63) is 0 Å². The zero-order valence-corrected chi connectivity index (χ0v) is 7.56. The molecule has 0 aliphatic carbocycles. The van der Waals surface area contributed by atoms with Gasteiger partial charge in [-0.2, -0.15) is 0 Å². The Morgan fingerprint density at radius 2 is 0.636 bits per heavy atom. The van der Waals surface area contributed by atoms with Gasteiger partial charge < -0.3 is 29.4 Å². The largest absolute Gasteiger partial charge is 0.466 e. The van der Waals surface area contributed by atoms with E-state index in [0.717, 1.165) is 0 Å². The third-order valence-electron chi connectivity index (χ3n) is 0. The predicted octanol–water partition coefficient (Wildman–Crippen LogP) is -1.86. The average Bonchev–Trinajstić information content (AvgIpc) is 1.12. The molecule has 0 spiro atoms. The Balaban J connectivity index is -0.000000107. The van der Waals surface area contributed by atoms with E-state index in [4.69, 9.17) is 38.5 Å². The van der Waals surface area contributed by atoms with Crippen LogP contribution in [-0.4, -0.2) is 29.4 Å². The van der Waals surface area contributed by atoms with Gasteiger partial charge in [0.25, 0.3) is 0 Å². The molecule has 0 aromatic carbocycles. The molecule has 8 nitrogen and oxygen atoms in total. The van der Waals surface area contributed by atoms with Crippen LogP contribution in [0.2, 0.25) is 0 Å². The van der Waals surface area contributed by atoms with Crippen LogP contribution in [0.3, 0.4) is 0 Å². The summed E-state index contributed by atoms with van der Waals surface area (Å²) in [6.07, 6.45) is 0. The zero-order chi connectivity index (χ0) is 9.00. The molecule has 0 aromatic rings. The van der Waals surface area contributed by atoms with Gasteiger partial charge in [0, 0.05) is 16.8 Å². The molecule has 11 heavy (non-hydrogen) atoms. The van der Waals surface area contributed by atoms with Gasteiger partial charge in [-0.05, 0) is 0 Å². The summed E-state index contributed by atoms with van der Waals surface area (Å²) in [5, 5.41) is 0. The maximum atomic E-state index is 8.88. The van der Waals surface area contributed by atoms with Gasteiger partial charge in [-0.3, -0.25) is 0 Å². The van der Waals surface area contributed by atoms with Crippen LogP contribution in [0.1, 0.15) is 0 Å². The second kappa shape index (κ2) is 6.27. The van der Waals surface area contributed by atoms with Gasteiger partial charge in [0.05, 0.1) is 0 Å². The molecule has 0 amide bonds. The van der Waals surface area contributed by atoms with Gasteiger partial charge in [0.2, 0.25) is 0 Å². The first-order valence-electron chi connectivity index (χ1n) is 1.57. The SMILES string of the molecule is O=P(O)(O)O.O=P(O)(O)O.[Co]. The summed E-state index contributed by atoms with van der Waals surface area (Å²) >= 11 is 0. The van der Waals surface area contributed by atoms with Gasteiger partial charge in [-0.15, -0.1) is 0 Å². The van der Waals surface area contributed by atoms with E-state index in [0.29, 0.717) is 0 Å². The zero-order valence-electron chi connectivity index (χ0n) is 4.73. The summed E-state index contributed by atoms with van der Waals surface area (Å²) in [6.45, 7) is 0. The van der Waals surface area contributed by atoms with Crippen LogP contribution in [-0.2, 0) is 25.9 Å². The maximum absolute atomic E-state index is 8.88. The molecule has 0 aliphatic rings. The Labute approximate surface area is 71.6 Å². The first-order chi connectivity index (χ1) is 4.00. The third kappa shape index (κ3) is 1550. The van der Waals surface area contributed by atoms with E-state index in [9.17, 15) is 0 Å². The molecule has 0 fully saturated rings. The van der Waals surface area contributed by atoms with Crippen LogP contribution < -0.4 is 0 Å². The van der Waals surface area contributed by atoms with Crippen molar-refractivity contribution in [1.29, 1.82) is 0 Å². The van der Waals surface area contributed by atoms with Crippen molar-refractivity contribution in [2.24, 2.45) is 0 Å². The average molecular weight is 255 g/mol. The molecule has 0 rings (SSSR count). The van der Waals surface area contributed by atoms with Crippen LogP contribution in [0.4, 0.5) is 0 Å². The Kier molecular flexibility index (Phi) is 10.1. The first-order valence-corrected chi connectivity index (χ1v) is 4.70. The van der Waals surface area contributed by atoms with Gasteiger partial charge in [-0.25, -0.2) is 9.13 Å². The minimum atomic E-state index is -4.64. The van der Waals surface area contributed by atoms with Gasteiger partial charge in [-0.1, -0.05) is 0 Å². The summed E-state index contributed by atoms with van der Waals surface area (Å²) in [5.41, 5.74) is 0. The number of rotatable bonds is 0. The van der Waals surface area contributed by atoms with E-state index >= 15 is 0 Å². The van der Waals surface area contributed by atoms with Gasteiger partial charge in [0.15, 0.2) is 0 Å². The minimum Gasteiger partial charge on any atom is -0.303 e. The Bertz CT molecular complexity index is 124. The smallest absolute Gasteiger partial charge is 0.303 e. The van der Waals surface area contributed by atoms with Crippen molar-refractivity contribution in [3.8, 4) is 0 Å². The first kappa shape index (κ1) is 17.7. The molecule has 0 atom stereocenters. The normalized spacial score (nSPS) is 10.7. The molecule has 0 aromatic heterocycles. The van der Waals surface area contributed by atoms with Crippen LogP contribution in [0.15, 0.2) is 0 Å². The summed E-state index contributed by atoms with van der Waals surface area (Å²) in [4.78, 5) is 43.1. The number of phosphoric acid groups is 2. The molecule has 0 saturated carbocycles. The fourth-order valence-corrected chi connectivity index (χ4v) is 0. The predicted molar refractivity (Wildman–Crippen MR) is 28.5 cm³/mol.